The van der Waals surface area contributed by atoms with Gasteiger partial charge in [-0.05, 0) is 13.5 Å². The number of carbonyl (C=O) groups excluding carboxylic acids is 1. The van der Waals surface area contributed by atoms with E-state index in [-0.39, 0.29) is 18.1 Å². The average molecular weight is 280 g/mol. The summed E-state index contributed by atoms with van der Waals surface area (Å²) in [5, 5.41) is 14.3. The molecule has 0 spiro atoms. The molecule has 0 radical (unpaired) electrons. The van der Waals surface area contributed by atoms with E-state index in [0.29, 0.717) is 25.0 Å². The van der Waals surface area contributed by atoms with Crippen molar-refractivity contribution >= 4 is 12.0 Å². The van der Waals surface area contributed by atoms with Crippen LogP contribution in [0.1, 0.15) is 25.8 Å². The van der Waals surface area contributed by atoms with Crippen molar-refractivity contribution in [3.8, 4) is 0 Å². The monoisotopic (exact) mass is 280 g/mol. The zero-order chi connectivity index (χ0) is 14.1. The molecule has 110 valence electrons. The molecule has 0 aromatic carbocycles. The summed E-state index contributed by atoms with van der Waals surface area (Å²) in [6.07, 6.45) is 0. The van der Waals surface area contributed by atoms with E-state index in [1.165, 1.54) is 0 Å². The van der Waals surface area contributed by atoms with Crippen LogP contribution >= 0.6 is 0 Å². The minimum absolute atomic E-state index is 0.0293. The Bertz CT molecular complexity index is 490. The van der Waals surface area contributed by atoms with Gasteiger partial charge in [-0.15, -0.1) is 5.10 Å². The topological polar surface area (TPSA) is 86.5 Å². The lowest BCUT2D eigenvalue weighted by atomic mass is 10.2. The van der Waals surface area contributed by atoms with E-state index in [0.717, 1.165) is 19.6 Å². The van der Waals surface area contributed by atoms with Gasteiger partial charge in [0.25, 0.3) is 0 Å². The van der Waals surface area contributed by atoms with Gasteiger partial charge in [0.05, 0.1) is 12.1 Å². The van der Waals surface area contributed by atoms with Crippen LogP contribution in [-0.2, 0) is 0 Å². The van der Waals surface area contributed by atoms with Crippen molar-refractivity contribution < 1.29 is 9.21 Å². The van der Waals surface area contributed by atoms with Crippen molar-refractivity contribution in [3.05, 3.63) is 5.89 Å². The minimum Gasteiger partial charge on any atom is -0.406 e. The first kappa shape index (κ1) is 13.2. The molecule has 2 N–H and O–H groups in total. The number of nitrogens with one attached hydrogen (secondary N) is 2. The summed E-state index contributed by atoms with van der Waals surface area (Å²) in [6, 6.07) is 0.820. The fourth-order valence-electron chi connectivity index (χ4n) is 2.70. The molecular weight excluding hydrogens is 260 g/mol. The molecule has 2 fully saturated rings. The molecule has 1 aromatic rings. The van der Waals surface area contributed by atoms with E-state index in [9.17, 15) is 4.79 Å². The fraction of sp³-hybridized carbons (Fsp3) is 0.750. The first-order valence-corrected chi connectivity index (χ1v) is 7.05. The smallest absolute Gasteiger partial charge is 0.318 e. The Morgan fingerprint density at radius 2 is 2.35 bits per heavy atom. The maximum Gasteiger partial charge on any atom is 0.318 e. The molecule has 2 aliphatic heterocycles. The molecule has 0 aliphatic carbocycles. The summed E-state index contributed by atoms with van der Waals surface area (Å²) >= 11 is 0. The van der Waals surface area contributed by atoms with Crippen LogP contribution < -0.4 is 15.5 Å². The highest BCUT2D eigenvalue weighted by Gasteiger charge is 2.36. The summed E-state index contributed by atoms with van der Waals surface area (Å²) in [5.74, 6) is 0.602. The van der Waals surface area contributed by atoms with E-state index in [4.69, 9.17) is 4.42 Å². The van der Waals surface area contributed by atoms with Crippen molar-refractivity contribution in [3.63, 3.8) is 0 Å². The van der Waals surface area contributed by atoms with Crippen LogP contribution in [0.2, 0.25) is 0 Å². The van der Waals surface area contributed by atoms with Gasteiger partial charge in [0.2, 0.25) is 5.89 Å². The molecule has 20 heavy (non-hydrogen) atoms. The third-order valence-corrected chi connectivity index (χ3v) is 3.81. The first-order chi connectivity index (χ1) is 9.69. The largest absolute Gasteiger partial charge is 0.406 e. The van der Waals surface area contributed by atoms with Crippen molar-refractivity contribution in [2.45, 2.75) is 25.9 Å². The van der Waals surface area contributed by atoms with Crippen molar-refractivity contribution in [1.82, 2.24) is 25.7 Å². The van der Waals surface area contributed by atoms with Gasteiger partial charge in [0.1, 0.15) is 0 Å². The maximum absolute atomic E-state index is 11.6. The number of hydrogen-bond acceptors (Lipinski definition) is 6. The second kappa shape index (κ2) is 5.28. The summed E-state index contributed by atoms with van der Waals surface area (Å²) in [6.45, 7) is 7.72. The van der Waals surface area contributed by atoms with Crippen LogP contribution in [-0.4, -0.2) is 59.9 Å². The molecule has 3 heterocycles. The summed E-state index contributed by atoms with van der Waals surface area (Å²) < 4.78 is 5.73. The van der Waals surface area contributed by atoms with E-state index >= 15 is 0 Å². The molecule has 0 bridgehead atoms. The molecule has 2 unspecified atom stereocenters. The lowest BCUT2D eigenvalue weighted by Crippen LogP contribution is -2.52. The molecule has 3 rings (SSSR count). The lowest BCUT2D eigenvalue weighted by Gasteiger charge is -2.35. The van der Waals surface area contributed by atoms with Crippen molar-refractivity contribution in [2.24, 2.45) is 0 Å². The quantitative estimate of drug-likeness (QED) is 0.804. The highest BCUT2D eigenvalue weighted by atomic mass is 16.4. The van der Waals surface area contributed by atoms with Crippen LogP contribution in [0, 0.1) is 0 Å². The zero-order valence-corrected chi connectivity index (χ0v) is 11.8. The van der Waals surface area contributed by atoms with Crippen LogP contribution in [0.4, 0.5) is 10.8 Å². The molecule has 2 amide bonds. The number of piperazine rings is 1. The number of carbonyl (C=O) groups is 1. The normalized spacial score (nSPS) is 23.7. The minimum atomic E-state index is 0.0293. The van der Waals surface area contributed by atoms with Gasteiger partial charge < -0.3 is 24.9 Å². The lowest BCUT2D eigenvalue weighted by molar-refractivity contribution is 0.196. The van der Waals surface area contributed by atoms with E-state index < -0.39 is 0 Å². The summed E-state index contributed by atoms with van der Waals surface area (Å²) in [7, 11) is 0. The zero-order valence-electron chi connectivity index (χ0n) is 11.8. The fourth-order valence-corrected chi connectivity index (χ4v) is 2.70. The molecule has 0 saturated carbocycles. The number of amides is 2. The molecule has 2 aliphatic rings. The molecule has 2 atom stereocenters. The molecular formula is C12H20N6O2. The highest BCUT2D eigenvalue weighted by Crippen LogP contribution is 2.22. The number of anilines is 1. The van der Waals surface area contributed by atoms with Gasteiger partial charge >= 0.3 is 12.0 Å². The molecule has 2 saturated heterocycles. The highest BCUT2D eigenvalue weighted by molar-refractivity contribution is 5.77. The van der Waals surface area contributed by atoms with Gasteiger partial charge in [0, 0.05) is 26.2 Å². The number of urea groups is 1. The number of nitrogens with zero attached hydrogens (tertiary/aromatic N) is 4. The predicted molar refractivity (Wildman–Crippen MR) is 72.5 cm³/mol. The number of aromatic nitrogens is 2. The summed E-state index contributed by atoms with van der Waals surface area (Å²) in [4.78, 5) is 15.5. The Morgan fingerprint density at radius 3 is 3.15 bits per heavy atom. The Morgan fingerprint density at radius 1 is 1.50 bits per heavy atom. The Balaban J connectivity index is 1.67. The van der Waals surface area contributed by atoms with Gasteiger partial charge in [0.15, 0.2) is 0 Å². The van der Waals surface area contributed by atoms with E-state index in [1.54, 1.807) is 0 Å². The van der Waals surface area contributed by atoms with Gasteiger partial charge in [-0.2, -0.15) is 0 Å². The first-order valence-electron chi connectivity index (χ1n) is 7.05. The summed E-state index contributed by atoms with van der Waals surface area (Å²) in [5.41, 5.74) is 0. The van der Waals surface area contributed by atoms with Gasteiger partial charge in [-0.25, -0.2) is 4.79 Å². The SMILES string of the molecule is CCNC(C)c1nnc(N2CCN3C(=O)NCC3C2)o1. The second-order valence-electron chi connectivity index (χ2n) is 5.18. The standard InChI is InChI=1S/C12H20N6O2/c1-3-13-8(2)10-15-16-12(20-10)17-4-5-18-9(7-17)6-14-11(18)19/h8-9,13H,3-7H2,1-2H3,(H,14,19). The molecule has 8 heteroatoms. The predicted octanol–water partition coefficient (Wildman–Crippen LogP) is -0.0461. The Kier molecular flexibility index (Phi) is 3.47. The third-order valence-electron chi connectivity index (χ3n) is 3.81. The third kappa shape index (κ3) is 2.31. The van der Waals surface area contributed by atoms with Gasteiger partial charge in [-0.3, -0.25) is 0 Å². The maximum atomic E-state index is 11.6. The Labute approximate surface area is 117 Å². The van der Waals surface area contributed by atoms with Crippen molar-refractivity contribution in [1.29, 1.82) is 0 Å². The Hall–Kier alpha value is -1.83. The van der Waals surface area contributed by atoms with E-state index in [2.05, 4.69) is 25.7 Å². The van der Waals surface area contributed by atoms with Crippen LogP contribution in [0.5, 0.6) is 0 Å². The number of hydrogen-bond donors (Lipinski definition) is 2. The van der Waals surface area contributed by atoms with Crippen LogP contribution in [0.3, 0.4) is 0 Å². The molecule has 8 nitrogen and oxygen atoms in total. The van der Waals surface area contributed by atoms with Crippen LogP contribution in [0.25, 0.3) is 0 Å². The second-order valence-corrected chi connectivity index (χ2v) is 5.18. The van der Waals surface area contributed by atoms with Gasteiger partial charge in [-0.1, -0.05) is 12.0 Å². The van der Waals surface area contributed by atoms with E-state index in [1.807, 2.05) is 18.7 Å². The van der Waals surface area contributed by atoms with Crippen molar-refractivity contribution in [2.75, 3.05) is 37.6 Å². The number of rotatable bonds is 4. The van der Waals surface area contributed by atoms with Crippen LogP contribution in [0.15, 0.2) is 4.42 Å². The number of fused-ring (bicyclic) bond motifs is 1. The average Bonchev–Trinajstić information content (AvgIpc) is 3.06. The molecule has 1 aromatic heterocycles.